The predicted molar refractivity (Wildman–Crippen MR) is 45.1 cm³/mol. The van der Waals surface area contributed by atoms with Crippen LogP contribution in [0.15, 0.2) is 12.5 Å². The molecule has 1 aliphatic heterocycles. The van der Waals surface area contributed by atoms with Gasteiger partial charge in [-0.1, -0.05) is 0 Å². The van der Waals surface area contributed by atoms with Crippen molar-refractivity contribution in [3.05, 3.63) is 18.2 Å². The summed E-state index contributed by atoms with van der Waals surface area (Å²) in [5.41, 5.74) is 0.562. The minimum Gasteiger partial charge on any atom is -0.389 e. The first-order valence-electron chi connectivity index (χ1n) is 4.12. The summed E-state index contributed by atoms with van der Waals surface area (Å²) in [5.74, 6) is -0.0645. The van der Waals surface area contributed by atoms with Gasteiger partial charge in [0.05, 0.1) is 18.6 Å². The van der Waals surface area contributed by atoms with Crippen molar-refractivity contribution in [1.29, 1.82) is 0 Å². The average Bonchev–Trinajstić information content (AvgIpc) is 2.44. The summed E-state index contributed by atoms with van der Waals surface area (Å²) in [6, 6.07) is 0. The molecular formula is C8H11N3O2. The maximum absolute atomic E-state index is 11.6. The van der Waals surface area contributed by atoms with Crippen molar-refractivity contribution in [3.8, 4) is 0 Å². The van der Waals surface area contributed by atoms with E-state index in [1.54, 1.807) is 22.8 Å². The largest absolute Gasteiger partial charge is 0.389 e. The summed E-state index contributed by atoms with van der Waals surface area (Å²) < 4.78 is 1.67. The van der Waals surface area contributed by atoms with Gasteiger partial charge >= 0.3 is 0 Å². The average molecular weight is 181 g/mol. The molecule has 0 spiro atoms. The van der Waals surface area contributed by atoms with Gasteiger partial charge in [-0.15, -0.1) is 0 Å². The molecule has 1 aromatic heterocycles. The molecule has 1 aliphatic rings. The monoisotopic (exact) mass is 181 g/mol. The molecule has 2 heterocycles. The number of amides is 1. The number of hydrogen-bond donors (Lipinski definition) is 1. The number of β-amino-alcohol motifs (C(OH)–C–C–N with tert-alkyl or cyclic N) is 1. The van der Waals surface area contributed by atoms with Gasteiger partial charge in [0.2, 0.25) is 0 Å². The Morgan fingerprint density at radius 3 is 2.85 bits per heavy atom. The number of aliphatic hydroxyl groups is 1. The Hall–Kier alpha value is -1.36. The maximum Gasteiger partial charge on any atom is 0.272 e. The van der Waals surface area contributed by atoms with Crippen molar-refractivity contribution in [2.75, 3.05) is 13.1 Å². The highest BCUT2D eigenvalue weighted by Gasteiger charge is 2.30. The first kappa shape index (κ1) is 8.25. The molecule has 5 heteroatoms. The summed E-state index contributed by atoms with van der Waals surface area (Å²) in [7, 11) is 1.77. The third kappa shape index (κ3) is 1.31. The molecule has 1 saturated heterocycles. The lowest BCUT2D eigenvalue weighted by Gasteiger charge is -2.35. The number of imidazole rings is 1. The molecule has 0 atom stereocenters. The lowest BCUT2D eigenvalue weighted by molar-refractivity contribution is 0.00526. The molecular weight excluding hydrogens is 170 g/mol. The van der Waals surface area contributed by atoms with Crippen LogP contribution in [-0.4, -0.2) is 44.7 Å². The number of nitrogens with zero attached hydrogens (tertiary/aromatic N) is 3. The third-order valence-corrected chi connectivity index (χ3v) is 2.19. The van der Waals surface area contributed by atoms with Crippen molar-refractivity contribution in [2.24, 2.45) is 7.05 Å². The van der Waals surface area contributed by atoms with Crippen LogP contribution in [0, 0.1) is 0 Å². The summed E-state index contributed by atoms with van der Waals surface area (Å²) in [6.45, 7) is 0.869. The number of likely N-dealkylation sites (tertiary alicyclic amines) is 1. The van der Waals surface area contributed by atoms with Crippen LogP contribution in [0.3, 0.4) is 0 Å². The van der Waals surface area contributed by atoms with E-state index in [0.29, 0.717) is 18.8 Å². The smallest absolute Gasteiger partial charge is 0.272 e. The van der Waals surface area contributed by atoms with Crippen molar-refractivity contribution >= 4 is 5.91 Å². The van der Waals surface area contributed by atoms with Crippen LogP contribution in [0.2, 0.25) is 0 Å². The second kappa shape index (κ2) is 2.85. The van der Waals surface area contributed by atoms with Crippen molar-refractivity contribution in [3.63, 3.8) is 0 Å². The van der Waals surface area contributed by atoms with E-state index in [9.17, 15) is 4.79 Å². The number of carbonyl (C=O) groups excluding carboxylic acids is 1. The molecule has 1 aromatic rings. The second-order valence-electron chi connectivity index (χ2n) is 3.25. The topological polar surface area (TPSA) is 58.4 Å². The molecule has 0 radical (unpaired) electrons. The Balaban J connectivity index is 2.10. The van der Waals surface area contributed by atoms with Crippen LogP contribution >= 0.6 is 0 Å². The van der Waals surface area contributed by atoms with Crippen molar-refractivity contribution < 1.29 is 9.90 Å². The molecule has 2 rings (SSSR count). The predicted octanol–water partition coefficient (Wildman–Crippen LogP) is -0.763. The Morgan fingerprint density at radius 2 is 2.38 bits per heavy atom. The van der Waals surface area contributed by atoms with E-state index in [-0.39, 0.29) is 12.0 Å². The molecule has 0 aromatic carbocycles. The normalized spacial score (nSPS) is 17.2. The second-order valence-corrected chi connectivity index (χ2v) is 3.25. The summed E-state index contributed by atoms with van der Waals surface area (Å²) in [4.78, 5) is 17.1. The number of carbonyl (C=O) groups is 1. The number of aromatic nitrogens is 2. The van der Waals surface area contributed by atoms with Gasteiger partial charge in [-0.05, 0) is 0 Å². The highest BCUT2D eigenvalue weighted by Crippen LogP contribution is 2.11. The van der Waals surface area contributed by atoms with Gasteiger partial charge in [-0.25, -0.2) is 4.98 Å². The van der Waals surface area contributed by atoms with Gasteiger partial charge in [0.25, 0.3) is 5.91 Å². The molecule has 0 bridgehead atoms. The minimum atomic E-state index is -0.350. The number of aryl methyl sites for hydroxylation is 1. The Bertz CT molecular complexity index is 328. The number of hydrogen-bond acceptors (Lipinski definition) is 3. The van der Waals surface area contributed by atoms with Crippen LogP contribution < -0.4 is 0 Å². The van der Waals surface area contributed by atoms with Gasteiger partial charge < -0.3 is 14.6 Å². The molecule has 0 aliphatic carbocycles. The van der Waals surface area contributed by atoms with Crippen LogP contribution in [-0.2, 0) is 7.05 Å². The zero-order chi connectivity index (χ0) is 9.42. The minimum absolute atomic E-state index is 0.0645. The van der Waals surface area contributed by atoms with E-state index in [1.807, 2.05) is 0 Å². The quantitative estimate of drug-likeness (QED) is 0.619. The highest BCUT2D eigenvalue weighted by atomic mass is 16.3. The molecule has 0 saturated carbocycles. The van der Waals surface area contributed by atoms with E-state index in [0.717, 1.165) is 0 Å². The van der Waals surface area contributed by atoms with Crippen LogP contribution in [0.25, 0.3) is 0 Å². The summed E-state index contributed by atoms with van der Waals surface area (Å²) in [5, 5.41) is 9.02. The first-order valence-corrected chi connectivity index (χ1v) is 4.12. The molecule has 0 unspecified atom stereocenters. The van der Waals surface area contributed by atoms with Gasteiger partial charge in [0.15, 0.2) is 0 Å². The zero-order valence-electron chi connectivity index (χ0n) is 7.34. The van der Waals surface area contributed by atoms with Crippen molar-refractivity contribution in [2.45, 2.75) is 6.10 Å². The molecule has 13 heavy (non-hydrogen) atoms. The Labute approximate surface area is 75.6 Å². The molecule has 5 nitrogen and oxygen atoms in total. The Kier molecular flexibility index (Phi) is 1.81. The Morgan fingerprint density at radius 1 is 1.69 bits per heavy atom. The fraction of sp³-hybridized carbons (Fsp3) is 0.500. The summed E-state index contributed by atoms with van der Waals surface area (Å²) in [6.07, 6.45) is 2.77. The standard InChI is InChI=1S/C8H11N3O2/c1-10-5-9-2-7(10)8(13)11-3-6(12)4-11/h2,5-6,12H,3-4H2,1H3. The first-order chi connectivity index (χ1) is 6.18. The van der Waals surface area contributed by atoms with E-state index < -0.39 is 0 Å². The SMILES string of the molecule is Cn1cncc1C(=O)N1CC(O)C1. The third-order valence-electron chi connectivity index (χ3n) is 2.19. The van der Waals surface area contributed by atoms with E-state index >= 15 is 0 Å². The fourth-order valence-corrected chi connectivity index (χ4v) is 1.35. The number of rotatable bonds is 1. The van der Waals surface area contributed by atoms with Gasteiger partial charge in [0.1, 0.15) is 5.69 Å². The van der Waals surface area contributed by atoms with Gasteiger partial charge in [0, 0.05) is 20.1 Å². The zero-order valence-corrected chi connectivity index (χ0v) is 7.34. The van der Waals surface area contributed by atoms with E-state index in [2.05, 4.69) is 4.98 Å². The molecule has 1 fully saturated rings. The van der Waals surface area contributed by atoms with E-state index in [4.69, 9.17) is 5.11 Å². The van der Waals surface area contributed by atoms with E-state index in [1.165, 1.54) is 6.20 Å². The van der Waals surface area contributed by atoms with Crippen molar-refractivity contribution in [1.82, 2.24) is 14.5 Å². The maximum atomic E-state index is 11.6. The van der Waals surface area contributed by atoms with Crippen LogP contribution in [0.1, 0.15) is 10.5 Å². The van der Waals surface area contributed by atoms with Gasteiger partial charge in [-0.3, -0.25) is 4.79 Å². The van der Waals surface area contributed by atoms with Gasteiger partial charge in [-0.2, -0.15) is 0 Å². The highest BCUT2D eigenvalue weighted by molar-refractivity contribution is 5.92. The molecule has 1 N–H and O–H groups in total. The lowest BCUT2D eigenvalue weighted by Crippen LogP contribution is -2.53. The molecule has 70 valence electrons. The lowest BCUT2D eigenvalue weighted by atomic mass is 10.1. The van der Waals surface area contributed by atoms with Crippen LogP contribution in [0.4, 0.5) is 0 Å². The van der Waals surface area contributed by atoms with Crippen LogP contribution in [0.5, 0.6) is 0 Å². The molecule has 1 amide bonds. The fourth-order valence-electron chi connectivity index (χ4n) is 1.35. The number of aliphatic hydroxyl groups excluding tert-OH is 1. The summed E-state index contributed by atoms with van der Waals surface area (Å²) >= 11 is 0.